The van der Waals surface area contributed by atoms with Gasteiger partial charge in [0.1, 0.15) is 11.6 Å². The molecule has 124 valence electrons. The highest BCUT2D eigenvalue weighted by Gasteiger charge is 2.18. The molecular formula is C18H19N3O3. The zero-order valence-electron chi connectivity index (χ0n) is 13.5. The Kier molecular flexibility index (Phi) is 4.48. The van der Waals surface area contributed by atoms with Crippen LogP contribution in [0.4, 0.5) is 0 Å². The molecule has 1 unspecified atom stereocenters. The van der Waals surface area contributed by atoms with Gasteiger partial charge in [-0.2, -0.15) is 0 Å². The molecule has 6 nitrogen and oxygen atoms in total. The van der Waals surface area contributed by atoms with Gasteiger partial charge in [-0.1, -0.05) is 24.3 Å². The predicted octanol–water partition coefficient (Wildman–Crippen LogP) is 2.23. The number of hydrogen-bond donors (Lipinski definition) is 3. The minimum Gasteiger partial charge on any atom is -0.497 e. The van der Waals surface area contributed by atoms with E-state index in [0.717, 1.165) is 16.6 Å². The van der Waals surface area contributed by atoms with Crippen molar-refractivity contribution in [2.75, 3.05) is 7.11 Å². The Hall–Kier alpha value is -2.86. The normalized spacial score (nSPS) is 12.1. The van der Waals surface area contributed by atoms with Crippen LogP contribution >= 0.6 is 0 Å². The minimum absolute atomic E-state index is 0.216. The Labute approximate surface area is 139 Å². The largest absolute Gasteiger partial charge is 0.497 e. The van der Waals surface area contributed by atoms with Crippen LogP contribution in [0.15, 0.2) is 42.5 Å². The fraction of sp³-hybridized carbons (Fsp3) is 0.222. The number of aromatic amines is 1. The van der Waals surface area contributed by atoms with Gasteiger partial charge in [-0.3, -0.25) is 4.79 Å². The smallest absolute Gasteiger partial charge is 0.253 e. The second kappa shape index (κ2) is 6.72. The van der Waals surface area contributed by atoms with Crippen LogP contribution in [-0.2, 0) is 11.3 Å². The molecule has 3 rings (SSSR count). The summed E-state index contributed by atoms with van der Waals surface area (Å²) in [7, 11) is 1.54. The first-order valence-corrected chi connectivity index (χ1v) is 7.62. The third-order valence-electron chi connectivity index (χ3n) is 3.85. The first kappa shape index (κ1) is 16.0. The fourth-order valence-electron chi connectivity index (χ4n) is 2.54. The summed E-state index contributed by atoms with van der Waals surface area (Å²) >= 11 is 0. The summed E-state index contributed by atoms with van der Waals surface area (Å²) in [5.74, 6) is 0.748. The average molecular weight is 325 g/mol. The van der Waals surface area contributed by atoms with Crippen LogP contribution in [-0.4, -0.2) is 28.1 Å². The van der Waals surface area contributed by atoms with Gasteiger partial charge in [0.2, 0.25) is 0 Å². The van der Waals surface area contributed by atoms with Gasteiger partial charge in [0.05, 0.1) is 24.7 Å². The van der Waals surface area contributed by atoms with Crippen LogP contribution in [0, 0.1) is 6.92 Å². The van der Waals surface area contributed by atoms with E-state index in [0.29, 0.717) is 17.1 Å². The SMILES string of the molecule is COc1cccc(C(O)C(=O)NCc2nc3c(C)cccc3[nH]2)c1. The Morgan fingerprint density at radius 1 is 1.33 bits per heavy atom. The number of ether oxygens (including phenoxy) is 1. The Bertz CT molecular complexity index is 873. The molecule has 0 aliphatic rings. The molecule has 0 fully saturated rings. The average Bonchev–Trinajstić information content (AvgIpc) is 3.03. The van der Waals surface area contributed by atoms with Gasteiger partial charge in [0.15, 0.2) is 6.10 Å². The summed E-state index contributed by atoms with van der Waals surface area (Å²) < 4.78 is 5.10. The maximum atomic E-state index is 12.2. The molecule has 0 saturated carbocycles. The molecule has 3 N–H and O–H groups in total. The zero-order valence-corrected chi connectivity index (χ0v) is 13.5. The number of para-hydroxylation sites is 1. The molecule has 6 heteroatoms. The van der Waals surface area contributed by atoms with Crippen molar-refractivity contribution in [3.8, 4) is 5.75 Å². The van der Waals surface area contributed by atoms with Gasteiger partial charge in [-0.25, -0.2) is 4.98 Å². The summed E-state index contributed by atoms with van der Waals surface area (Å²) in [5.41, 5.74) is 3.35. The Morgan fingerprint density at radius 3 is 2.88 bits per heavy atom. The number of rotatable bonds is 5. The summed E-state index contributed by atoms with van der Waals surface area (Å²) in [6.45, 7) is 2.20. The van der Waals surface area contributed by atoms with E-state index in [4.69, 9.17) is 4.74 Å². The van der Waals surface area contributed by atoms with Crippen LogP contribution in [0.2, 0.25) is 0 Å². The maximum Gasteiger partial charge on any atom is 0.253 e. The number of carbonyl (C=O) groups is 1. The lowest BCUT2D eigenvalue weighted by Crippen LogP contribution is -2.29. The van der Waals surface area contributed by atoms with Crippen LogP contribution in [0.5, 0.6) is 5.75 Å². The number of carbonyl (C=O) groups excluding carboxylic acids is 1. The second-order valence-electron chi connectivity index (χ2n) is 5.55. The number of aromatic nitrogens is 2. The number of hydrogen-bond acceptors (Lipinski definition) is 4. The molecule has 24 heavy (non-hydrogen) atoms. The first-order valence-electron chi connectivity index (χ1n) is 7.62. The number of H-pyrrole nitrogens is 1. The lowest BCUT2D eigenvalue weighted by molar-refractivity contribution is -0.129. The van der Waals surface area contributed by atoms with Gasteiger partial charge in [0, 0.05) is 0 Å². The van der Waals surface area contributed by atoms with Gasteiger partial charge >= 0.3 is 0 Å². The van der Waals surface area contributed by atoms with Crippen molar-refractivity contribution in [3.63, 3.8) is 0 Å². The van der Waals surface area contributed by atoms with E-state index in [1.165, 1.54) is 7.11 Å². The van der Waals surface area contributed by atoms with E-state index >= 15 is 0 Å². The lowest BCUT2D eigenvalue weighted by atomic mass is 10.1. The van der Waals surface area contributed by atoms with E-state index in [-0.39, 0.29) is 6.54 Å². The van der Waals surface area contributed by atoms with E-state index in [9.17, 15) is 9.90 Å². The van der Waals surface area contributed by atoms with Gasteiger partial charge < -0.3 is 20.1 Å². The number of benzene rings is 2. The summed E-state index contributed by atoms with van der Waals surface area (Å²) in [6, 6.07) is 12.7. The highest BCUT2D eigenvalue weighted by atomic mass is 16.5. The Balaban J connectivity index is 1.68. The standard InChI is InChI=1S/C18H19N3O3/c1-11-5-3-8-14-16(11)21-15(20-14)10-19-18(23)17(22)12-6-4-7-13(9-12)24-2/h3-9,17,22H,10H2,1-2H3,(H,19,23)(H,20,21). The lowest BCUT2D eigenvalue weighted by Gasteiger charge is -2.12. The number of nitrogens with one attached hydrogen (secondary N) is 2. The monoisotopic (exact) mass is 325 g/mol. The summed E-state index contributed by atoms with van der Waals surface area (Å²) in [6.07, 6.45) is -1.26. The van der Waals surface area contributed by atoms with Crippen molar-refractivity contribution >= 4 is 16.9 Å². The maximum absolute atomic E-state index is 12.2. The van der Waals surface area contributed by atoms with Crippen molar-refractivity contribution in [2.24, 2.45) is 0 Å². The third kappa shape index (κ3) is 3.23. The molecule has 0 radical (unpaired) electrons. The van der Waals surface area contributed by atoms with Crippen LogP contribution in [0.25, 0.3) is 11.0 Å². The molecular weight excluding hydrogens is 306 g/mol. The second-order valence-corrected chi connectivity index (χ2v) is 5.55. The van der Waals surface area contributed by atoms with Crippen molar-refractivity contribution in [1.82, 2.24) is 15.3 Å². The summed E-state index contributed by atoms with van der Waals surface area (Å²) in [5, 5.41) is 12.9. The minimum atomic E-state index is -1.26. The van der Waals surface area contributed by atoms with Crippen molar-refractivity contribution in [1.29, 1.82) is 0 Å². The van der Waals surface area contributed by atoms with Crippen molar-refractivity contribution in [3.05, 3.63) is 59.4 Å². The molecule has 0 aliphatic carbocycles. The van der Waals surface area contributed by atoms with Crippen LogP contribution < -0.4 is 10.1 Å². The number of amides is 1. The number of fused-ring (bicyclic) bond motifs is 1. The van der Waals surface area contributed by atoms with Gasteiger partial charge in [-0.15, -0.1) is 0 Å². The number of aliphatic hydroxyl groups is 1. The van der Waals surface area contributed by atoms with E-state index in [2.05, 4.69) is 15.3 Å². The fourth-order valence-corrected chi connectivity index (χ4v) is 2.54. The molecule has 0 saturated heterocycles. The molecule has 2 aromatic carbocycles. The number of aliphatic hydroxyl groups excluding tert-OH is 1. The number of nitrogens with zero attached hydrogens (tertiary/aromatic N) is 1. The molecule has 1 heterocycles. The van der Waals surface area contributed by atoms with E-state index < -0.39 is 12.0 Å². The highest BCUT2D eigenvalue weighted by molar-refractivity contribution is 5.82. The van der Waals surface area contributed by atoms with Crippen molar-refractivity contribution in [2.45, 2.75) is 19.6 Å². The van der Waals surface area contributed by atoms with Crippen LogP contribution in [0.3, 0.4) is 0 Å². The van der Waals surface area contributed by atoms with Gasteiger partial charge in [-0.05, 0) is 36.2 Å². The highest BCUT2D eigenvalue weighted by Crippen LogP contribution is 2.19. The van der Waals surface area contributed by atoms with E-state index in [1.807, 2.05) is 25.1 Å². The molecule has 1 aromatic heterocycles. The number of aryl methyl sites for hydroxylation is 1. The number of methoxy groups -OCH3 is 1. The molecule has 1 atom stereocenters. The molecule has 1 amide bonds. The Morgan fingerprint density at radius 2 is 2.12 bits per heavy atom. The molecule has 0 aliphatic heterocycles. The van der Waals surface area contributed by atoms with E-state index in [1.54, 1.807) is 24.3 Å². The molecule has 0 spiro atoms. The zero-order chi connectivity index (χ0) is 17.1. The predicted molar refractivity (Wildman–Crippen MR) is 90.6 cm³/mol. The number of imidazole rings is 1. The quantitative estimate of drug-likeness (QED) is 0.671. The molecule has 0 bridgehead atoms. The summed E-state index contributed by atoms with van der Waals surface area (Å²) in [4.78, 5) is 19.8. The molecule has 3 aromatic rings. The van der Waals surface area contributed by atoms with Crippen LogP contribution in [0.1, 0.15) is 23.1 Å². The van der Waals surface area contributed by atoms with Crippen molar-refractivity contribution < 1.29 is 14.6 Å². The first-order chi connectivity index (χ1) is 11.6. The van der Waals surface area contributed by atoms with Gasteiger partial charge in [0.25, 0.3) is 5.91 Å². The topological polar surface area (TPSA) is 87.2 Å². The third-order valence-corrected chi connectivity index (χ3v) is 3.85.